The van der Waals surface area contributed by atoms with E-state index in [1.165, 1.54) is 4.90 Å². The van der Waals surface area contributed by atoms with Crippen LogP contribution in [0.2, 0.25) is 0 Å². The van der Waals surface area contributed by atoms with Crippen molar-refractivity contribution in [3.63, 3.8) is 0 Å². The van der Waals surface area contributed by atoms with Gasteiger partial charge >= 0.3 is 12.1 Å². The standard InChI is InChI=1S/C21H30N2O5/c1-6-13(2)17(22-20(27)28-21(3,4)5)18(24)23-12-15-10-8-7-9-14(15)11-16(23)19(25)26/h7-10,13,16-17H,6,11-12H2,1-5H3,(H,22,27)(H,25,26)/t13-,16-,17-/m0/s1. The SMILES string of the molecule is CC[C@H](C)[C@H](NC(=O)OC(C)(C)C)C(=O)N1Cc2ccccc2C[C@H]1C(=O)O. The first-order chi connectivity index (χ1) is 13.0. The molecule has 0 saturated heterocycles. The van der Waals surface area contributed by atoms with Crippen molar-refractivity contribution < 1.29 is 24.2 Å². The van der Waals surface area contributed by atoms with E-state index in [9.17, 15) is 19.5 Å². The summed E-state index contributed by atoms with van der Waals surface area (Å²) < 4.78 is 5.29. The second-order valence-electron chi connectivity index (χ2n) is 8.30. The molecule has 0 bridgehead atoms. The fourth-order valence-electron chi connectivity index (χ4n) is 3.27. The van der Waals surface area contributed by atoms with Crippen LogP contribution in [0.1, 0.15) is 52.2 Å². The average molecular weight is 390 g/mol. The van der Waals surface area contributed by atoms with Gasteiger partial charge in [0, 0.05) is 13.0 Å². The Labute approximate surface area is 166 Å². The molecule has 0 aromatic heterocycles. The fourth-order valence-corrected chi connectivity index (χ4v) is 3.27. The van der Waals surface area contributed by atoms with E-state index in [2.05, 4.69) is 5.32 Å². The van der Waals surface area contributed by atoms with Crippen molar-refractivity contribution in [1.82, 2.24) is 10.2 Å². The van der Waals surface area contributed by atoms with E-state index in [-0.39, 0.29) is 18.9 Å². The summed E-state index contributed by atoms with van der Waals surface area (Å²) in [6.07, 6.45) is 0.209. The fraction of sp³-hybridized carbons (Fsp3) is 0.571. The van der Waals surface area contributed by atoms with E-state index in [0.717, 1.165) is 11.1 Å². The zero-order valence-corrected chi connectivity index (χ0v) is 17.2. The summed E-state index contributed by atoms with van der Waals surface area (Å²) in [4.78, 5) is 38.8. The summed E-state index contributed by atoms with van der Waals surface area (Å²) in [5.74, 6) is -1.63. The zero-order valence-electron chi connectivity index (χ0n) is 17.2. The van der Waals surface area contributed by atoms with Crippen molar-refractivity contribution in [3.8, 4) is 0 Å². The van der Waals surface area contributed by atoms with Crippen LogP contribution < -0.4 is 5.32 Å². The van der Waals surface area contributed by atoms with E-state index in [0.29, 0.717) is 6.42 Å². The molecule has 2 N–H and O–H groups in total. The van der Waals surface area contributed by atoms with Crippen LogP contribution >= 0.6 is 0 Å². The number of carbonyl (C=O) groups excluding carboxylic acids is 2. The molecule has 1 aromatic rings. The van der Waals surface area contributed by atoms with Gasteiger partial charge in [-0.25, -0.2) is 9.59 Å². The molecule has 1 aliphatic rings. The number of amides is 2. The van der Waals surface area contributed by atoms with Gasteiger partial charge in [0.15, 0.2) is 0 Å². The van der Waals surface area contributed by atoms with Crippen molar-refractivity contribution in [3.05, 3.63) is 35.4 Å². The lowest BCUT2D eigenvalue weighted by Crippen LogP contribution is -2.57. The summed E-state index contributed by atoms with van der Waals surface area (Å²) in [5.41, 5.74) is 1.16. The summed E-state index contributed by atoms with van der Waals surface area (Å²) in [5, 5.41) is 12.3. The predicted octanol–water partition coefficient (Wildman–Crippen LogP) is 2.96. The molecule has 0 radical (unpaired) electrons. The molecule has 0 saturated carbocycles. The molecule has 154 valence electrons. The van der Waals surface area contributed by atoms with Gasteiger partial charge in [0.25, 0.3) is 0 Å². The summed E-state index contributed by atoms with van der Waals surface area (Å²) in [6, 6.07) is 5.70. The Morgan fingerprint density at radius 2 is 1.86 bits per heavy atom. The maximum atomic E-state index is 13.3. The maximum Gasteiger partial charge on any atom is 0.408 e. The van der Waals surface area contributed by atoms with Gasteiger partial charge in [-0.15, -0.1) is 0 Å². The van der Waals surface area contributed by atoms with E-state index in [1.54, 1.807) is 20.8 Å². The normalized spacial score (nSPS) is 18.6. The third-order valence-electron chi connectivity index (χ3n) is 4.97. The molecule has 0 spiro atoms. The quantitative estimate of drug-likeness (QED) is 0.806. The topological polar surface area (TPSA) is 95.9 Å². The highest BCUT2D eigenvalue weighted by atomic mass is 16.6. The molecule has 1 aliphatic heterocycles. The minimum absolute atomic E-state index is 0.174. The highest BCUT2D eigenvalue weighted by Crippen LogP contribution is 2.25. The molecule has 2 rings (SSSR count). The Morgan fingerprint density at radius 3 is 2.39 bits per heavy atom. The van der Waals surface area contributed by atoms with Gasteiger partial charge in [-0.1, -0.05) is 44.5 Å². The smallest absolute Gasteiger partial charge is 0.408 e. The van der Waals surface area contributed by atoms with Gasteiger partial charge in [-0.3, -0.25) is 4.79 Å². The molecule has 7 heteroatoms. The molecule has 2 amide bonds. The number of ether oxygens (including phenoxy) is 1. The highest BCUT2D eigenvalue weighted by molar-refractivity contribution is 5.90. The number of benzene rings is 1. The van der Waals surface area contributed by atoms with Crippen LogP contribution in [0, 0.1) is 5.92 Å². The van der Waals surface area contributed by atoms with Gasteiger partial charge in [-0.05, 0) is 37.8 Å². The number of hydrogen-bond acceptors (Lipinski definition) is 4. The Balaban J connectivity index is 2.28. The predicted molar refractivity (Wildman–Crippen MR) is 105 cm³/mol. The first-order valence-electron chi connectivity index (χ1n) is 9.63. The van der Waals surface area contributed by atoms with Crippen LogP contribution in [0.3, 0.4) is 0 Å². The van der Waals surface area contributed by atoms with Crippen molar-refractivity contribution >= 4 is 18.0 Å². The van der Waals surface area contributed by atoms with Crippen molar-refractivity contribution in [2.75, 3.05) is 0 Å². The summed E-state index contributed by atoms with van der Waals surface area (Å²) >= 11 is 0. The molecule has 0 fully saturated rings. The Morgan fingerprint density at radius 1 is 1.25 bits per heavy atom. The lowest BCUT2D eigenvalue weighted by molar-refractivity contribution is -0.152. The van der Waals surface area contributed by atoms with E-state index < -0.39 is 35.7 Å². The number of rotatable bonds is 5. The number of carboxylic acids is 1. The number of carbonyl (C=O) groups is 3. The molecule has 1 heterocycles. The van der Waals surface area contributed by atoms with Crippen LogP contribution in [-0.4, -0.2) is 45.7 Å². The van der Waals surface area contributed by atoms with Crippen molar-refractivity contribution in [2.24, 2.45) is 5.92 Å². The molecule has 28 heavy (non-hydrogen) atoms. The molecule has 0 aliphatic carbocycles. The second-order valence-corrected chi connectivity index (χ2v) is 8.30. The van der Waals surface area contributed by atoms with Crippen LogP contribution in [0.15, 0.2) is 24.3 Å². The first kappa shape index (κ1) is 21.7. The number of fused-ring (bicyclic) bond motifs is 1. The molecule has 7 nitrogen and oxygen atoms in total. The minimum atomic E-state index is -1.05. The van der Waals surface area contributed by atoms with Gasteiger partial charge in [0.05, 0.1) is 0 Å². The van der Waals surface area contributed by atoms with Crippen molar-refractivity contribution in [1.29, 1.82) is 0 Å². The summed E-state index contributed by atoms with van der Waals surface area (Å²) in [7, 11) is 0. The average Bonchev–Trinajstić information content (AvgIpc) is 2.62. The van der Waals surface area contributed by atoms with Gasteiger partial charge in [0.1, 0.15) is 17.7 Å². The molecule has 0 unspecified atom stereocenters. The number of nitrogens with one attached hydrogen (secondary N) is 1. The van der Waals surface area contributed by atoms with Crippen LogP contribution in [0.25, 0.3) is 0 Å². The zero-order chi connectivity index (χ0) is 21.1. The molecule has 1 aromatic carbocycles. The second kappa shape index (κ2) is 8.63. The lowest BCUT2D eigenvalue weighted by Gasteiger charge is -2.38. The van der Waals surface area contributed by atoms with Crippen LogP contribution in [-0.2, 0) is 27.3 Å². The van der Waals surface area contributed by atoms with Gasteiger partial charge < -0.3 is 20.1 Å². The third-order valence-corrected chi connectivity index (χ3v) is 4.97. The van der Waals surface area contributed by atoms with E-state index >= 15 is 0 Å². The number of aliphatic carboxylic acids is 1. The summed E-state index contributed by atoms with van der Waals surface area (Å²) in [6.45, 7) is 9.21. The Kier molecular flexibility index (Phi) is 6.69. The van der Waals surface area contributed by atoms with Gasteiger partial charge in [0.2, 0.25) is 5.91 Å². The first-order valence-corrected chi connectivity index (χ1v) is 9.63. The molecular formula is C21H30N2O5. The Bertz CT molecular complexity index is 741. The molecular weight excluding hydrogens is 360 g/mol. The third kappa shape index (κ3) is 5.24. The highest BCUT2D eigenvalue weighted by Gasteiger charge is 2.39. The lowest BCUT2D eigenvalue weighted by atomic mass is 9.91. The molecule has 3 atom stereocenters. The number of alkyl carbamates (subject to hydrolysis) is 1. The number of carboxylic acid groups (broad SMARTS) is 1. The maximum absolute atomic E-state index is 13.3. The van der Waals surface area contributed by atoms with E-state index in [4.69, 9.17) is 4.74 Å². The number of hydrogen-bond donors (Lipinski definition) is 2. The van der Waals surface area contributed by atoms with Crippen molar-refractivity contribution in [2.45, 2.75) is 71.7 Å². The van der Waals surface area contributed by atoms with Crippen LogP contribution in [0.4, 0.5) is 4.79 Å². The van der Waals surface area contributed by atoms with Crippen LogP contribution in [0.5, 0.6) is 0 Å². The van der Waals surface area contributed by atoms with E-state index in [1.807, 2.05) is 38.1 Å². The monoisotopic (exact) mass is 390 g/mol. The van der Waals surface area contributed by atoms with Gasteiger partial charge in [-0.2, -0.15) is 0 Å². The number of nitrogens with zero attached hydrogens (tertiary/aromatic N) is 1. The largest absolute Gasteiger partial charge is 0.480 e. The minimum Gasteiger partial charge on any atom is -0.480 e. The Hall–Kier alpha value is -2.57.